The molecule has 0 fully saturated rings. The normalized spacial score (nSPS) is 9.56. The fourth-order valence-electron chi connectivity index (χ4n) is 0.509. The van der Waals surface area contributed by atoms with Gasteiger partial charge in [-0.2, -0.15) is 0 Å². The highest BCUT2D eigenvalue weighted by Crippen LogP contribution is 2.16. The van der Waals surface area contributed by atoms with Crippen LogP contribution in [0.2, 0.25) is 0 Å². The van der Waals surface area contributed by atoms with Gasteiger partial charge < -0.3 is 0 Å². The maximum absolute atomic E-state index is 3.96. The zero-order valence-corrected chi connectivity index (χ0v) is 7.81. The summed E-state index contributed by atoms with van der Waals surface area (Å²) in [5.74, 6) is 0. The first-order valence-electron chi connectivity index (χ1n) is 2.49. The average molecular weight is 251 g/mol. The molecule has 0 aliphatic heterocycles. The van der Waals surface area contributed by atoms with Crippen LogP contribution in [-0.4, -0.2) is 4.98 Å². The first-order valence-corrected chi connectivity index (χ1v) is 4.40. The van der Waals surface area contributed by atoms with Crippen molar-refractivity contribution in [2.75, 3.05) is 0 Å². The molecule has 0 aliphatic carbocycles. The minimum absolute atomic E-state index is 0.849. The third kappa shape index (κ3) is 1.76. The molecule has 1 aromatic rings. The number of hydrogen-bond acceptors (Lipinski definition) is 1. The van der Waals surface area contributed by atoms with E-state index < -0.39 is 0 Å². The molecule has 1 nitrogen and oxygen atoms in total. The number of hydrogen-bond donors (Lipinski definition) is 0. The summed E-state index contributed by atoms with van der Waals surface area (Å²) >= 11 is 6.72. The Morgan fingerprint density at radius 3 is 2.78 bits per heavy atom. The maximum atomic E-state index is 3.96. The SMILES string of the molecule is BrCc1cnccc1Br. The van der Waals surface area contributed by atoms with Crippen LogP contribution in [0.1, 0.15) is 5.56 Å². The van der Waals surface area contributed by atoms with Crippen molar-refractivity contribution in [3.63, 3.8) is 0 Å². The fourth-order valence-corrected chi connectivity index (χ4v) is 1.69. The predicted octanol–water partition coefficient (Wildman–Crippen LogP) is 2.74. The molecule has 9 heavy (non-hydrogen) atoms. The van der Waals surface area contributed by atoms with E-state index in [0.717, 1.165) is 9.80 Å². The van der Waals surface area contributed by atoms with Gasteiger partial charge in [0.25, 0.3) is 0 Å². The molecule has 0 unspecified atom stereocenters. The Balaban J connectivity index is 3.01. The van der Waals surface area contributed by atoms with E-state index in [1.54, 1.807) is 6.20 Å². The summed E-state index contributed by atoms with van der Waals surface area (Å²) in [5.41, 5.74) is 1.18. The quantitative estimate of drug-likeness (QED) is 0.699. The Bertz CT molecular complexity index is 200. The van der Waals surface area contributed by atoms with E-state index in [0.29, 0.717) is 0 Å². The van der Waals surface area contributed by atoms with Crippen molar-refractivity contribution in [1.82, 2.24) is 4.98 Å². The molecule has 0 N–H and O–H groups in total. The lowest BCUT2D eigenvalue weighted by molar-refractivity contribution is 1.24. The van der Waals surface area contributed by atoms with Gasteiger partial charge in [0.05, 0.1) is 0 Å². The number of alkyl halides is 1. The number of nitrogens with zero attached hydrogens (tertiary/aromatic N) is 1. The van der Waals surface area contributed by atoms with Crippen LogP contribution >= 0.6 is 31.9 Å². The Hall–Kier alpha value is 0.110. The highest BCUT2D eigenvalue weighted by atomic mass is 79.9. The van der Waals surface area contributed by atoms with E-state index in [2.05, 4.69) is 36.8 Å². The van der Waals surface area contributed by atoms with Crippen molar-refractivity contribution in [3.8, 4) is 0 Å². The number of aromatic nitrogens is 1. The van der Waals surface area contributed by atoms with Gasteiger partial charge in [-0.1, -0.05) is 31.9 Å². The van der Waals surface area contributed by atoms with Gasteiger partial charge in [0.2, 0.25) is 0 Å². The van der Waals surface area contributed by atoms with Gasteiger partial charge in [-0.05, 0) is 11.6 Å². The van der Waals surface area contributed by atoms with E-state index >= 15 is 0 Å². The molecular formula is C6H5Br2N. The molecule has 0 aliphatic rings. The largest absolute Gasteiger partial charge is 0.264 e. The van der Waals surface area contributed by atoms with Gasteiger partial charge in [-0.25, -0.2) is 0 Å². The average Bonchev–Trinajstić information content (AvgIpc) is 1.89. The Morgan fingerprint density at radius 1 is 1.56 bits per heavy atom. The van der Waals surface area contributed by atoms with E-state index in [1.165, 1.54) is 5.56 Å². The zero-order valence-electron chi connectivity index (χ0n) is 4.64. The predicted molar refractivity (Wildman–Crippen MR) is 44.6 cm³/mol. The van der Waals surface area contributed by atoms with Crippen molar-refractivity contribution in [2.24, 2.45) is 0 Å². The monoisotopic (exact) mass is 249 g/mol. The highest BCUT2D eigenvalue weighted by Gasteiger charge is 1.93. The molecule has 1 heterocycles. The molecule has 0 radical (unpaired) electrons. The summed E-state index contributed by atoms with van der Waals surface area (Å²) in [6.07, 6.45) is 3.59. The van der Waals surface area contributed by atoms with Crippen LogP contribution in [0.5, 0.6) is 0 Å². The third-order valence-electron chi connectivity index (χ3n) is 0.988. The van der Waals surface area contributed by atoms with Crippen LogP contribution in [0.3, 0.4) is 0 Å². The van der Waals surface area contributed by atoms with E-state index in [4.69, 9.17) is 0 Å². The second kappa shape index (κ2) is 3.32. The van der Waals surface area contributed by atoms with Gasteiger partial charge in [0.1, 0.15) is 0 Å². The second-order valence-electron chi connectivity index (χ2n) is 1.60. The number of rotatable bonds is 1. The van der Waals surface area contributed by atoms with Crippen molar-refractivity contribution in [3.05, 3.63) is 28.5 Å². The lowest BCUT2D eigenvalue weighted by Crippen LogP contribution is -1.79. The van der Waals surface area contributed by atoms with Crippen molar-refractivity contribution in [1.29, 1.82) is 0 Å². The standard InChI is InChI=1S/C6H5Br2N/c7-3-5-4-9-2-1-6(5)8/h1-2,4H,3H2. The number of halogens is 2. The lowest BCUT2D eigenvalue weighted by Gasteiger charge is -1.94. The van der Waals surface area contributed by atoms with Gasteiger partial charge in [0.15, 0.2) is 0 Å². The van der Waals surface area contributed by atoms with Crippen LogP contribution in [0.4, 0.5) is 0 Å². The summed E-state index contributed by atoms with van der Waals surface area (Å²) in [7, 11) is 0. The van der Waals surface area contributed by atoms with Crippen molar-refractivity contribution < 1.29 is 0 Å². The van der Waals surface area contributed by atoms with Crippen LogP contribution in [0.15, 0.2) is 22.9 Å². The van der Waals surface area contributed by atoms with Gasteiger partial charge in [-0.15, -0.1) is 0 Å². The topological polar surface area (TPSA) is 12.9 Å². The molecule has 0 aromatic carbocycles. The summed E-state index contributed by atoms with van der Waals surface area (Å²) in [4.78, 5) is 3.96. The van der Waals surface area contributed by atoms with Gasteiger partial charge in [-0.3, -0.25) is 4.98 Å². The summed E-state index contributed by atoms with van der Waals surface area (Å²) in [5, 5.41) is 0.849. The molecule has 0 saturated heterocycles. The Morgan fingerprint density at radius 2 is 2.33 bits per heavy atom. The maximum Gasteiger partial charge on any atom is 0.0319 e. The van der Waals surface area contributed by atoms with E-state index in [9.17, 15) is 0 Å². The van der Waals surface area contributed by atoms with Crippen LogP contribution in [0.25, 0.3) is 0 Å². The smallest absolute Gasteiger partial charge is 0.0319 e. The second-order valence-corrected chi connectivity index (χ2v) is 3.02. The van der Waals surface area contributed by atoms with Crippen LogP contribution < -0.4 is 0 Å². The lowest BCUT2D eigenvalue weighted by atomic mass is 10.3. The Kier molecular flexibility index (Phi) is 2.66. The summed E-state index contributed by atoms with van der Waals surface area (Å²) < 4.78 is 1.11. The third-order valence-corrected chi connectivity index (χ3v) is 2.37. The molecule has 0 atom stereocenters. The first-order chi connectivity index (χ1) is 4.34. The first kappa shape index (κ1) is 7.22. The van der Waals surface area contributed by atoms with Crippen molar-refractivity contribution in [2.45, 2.75) is 5.33 Å². The van der Waals surface area contributed by atoms with Gasteiger partial charge >= 0.3 is 0 Å². The molecule has 0 bridgehead atoms. The molecule has 3 heteroatoms. The molecule has 48 valence electrons. The van der Waals surface area contributed by atoms with Crippen molar-refractivity contribution >= 4 is 31.9 Å². The summed E-state index contributed by atoms with van der Waals surface area (Å²) in [6, 6.07) is 1.93. The fraction of sp³-hybridized carbons (Fsp3) is 0.167. The molecule has 0 saturated carbocycles. The highest BCUT2D eigenvalue weighted by molar-refractivity contribution is 9.10. The van der Waals surface area contributed by atoms with Crippen LogP contribution in [-0.2, 0) is 5.33 Å². The molecule has 0 amide bonds. The minimum Gasteiger partial charge on any atom is -0.264 e. The molecular weight excluding hydrogens is 246 g/mol. The summed E-state index contributed by atoms with van der Waals surface area (Å²) in [6.45, 7) is 0. The molecule has 1 aromatic heterocycles. The zero-order chi connectivity index (χ0) is 6.69. The van der Waals surface area contributed by atoms with Crippen LogP contribution in [0, 0.1) is 0 Å². The van der Waals surface area contributed by atoms with Gasteiger partial charge in [0, 0.05) is 22.2 Å². The number of pyridine rings is 1. The molecule has 0 spiro atoms. The minimum atomic E-state index is 0.849. The van der Waals surface area contributed by atoms with E-state index in [1.807, 2.05) is 12.3 Å². The Labute approximate surface area is 70.8 Å². The molecule has 1 rings (SSSR count). The van der Waals surface area contributed by atoms with E-state index in [-0.39, 0.29) is 0 Å².